The summed E-state index contributed by atoms with van der Waals surface area (Å²) in [5, 5.41) is 0. The van der Waals surface area contributed by atoms with Gasteiger partial charge < -0.3 is 19.1 Å². The molecule has 0 aromatic heterocycles. The summed E-state index contributed by atoms with van der Waals surface area (Å²) in [7, 11) is 4.90. The molecule has 0 unspecified atom stereocenters. The minimum absolute atomic E-state index is 0.00288. The number of para-hydroxylation sites is 1. The minimum Gasteiger partial charge on any atom is -0.497 e. The van der Waals surface area contributed by atoms with E-state index in [9.17, 15) is 9.18 Å². The number of rotatable bonds is 8. The van der Waals surface area contributed by atoms with Crippen molar-refractivity contribution in [2.24, 2.45) is 0 Å². The van der Waals surface area contributed by atoms with Crippen LogP contribution in [-0.2, 0) is 6.54 Å². The average Bonchev–Trinajstić information content (AvgIpc) is 2.90. The van der Waals surface area contributed by atoms with E-state index in [4.69, 9.17) is 14.2 Å². The van der Waals surface area contributed by atoms with Gasteiger partial charge in [-0.05, 0) is 55.3 Å². The SMILES string of the molecule is COc1cccc(N(C(=O)c2ccc(F)cc2)C2CCN(Cc3cccc(OC)c3OC)CC2)c1. The number of ether oxygens (including phenoxy) is 3. The summed E-state index contributed by atoms with van der Waals surface area (Å²) in [6.45, 7) is 2.38. The molecule has 184 valence electrons. The Morgan fingerprint density at radius 3 is 2.31 bits per heavy atom. The summed E-state index contributed by atoms with van der Waals surface area (Å²) in [6.07, 6.45) is 1.60. The number of benzene rings is 3. The molecule has 0 radical (unpaired) electrons. The van der Waals surface area contributed by atoms with E-state index < -0.39 is 0 Å². The van der Waals surface area contributed by atoms with Crippen LogP contribution in [0, 0.1) is 5.82 Å². The van der Waals surface area contributed by atoms with E-state index in [0.29, 0.717) is 17.1 Å². The van der Waals surface area contributed by atoms with Gasteiger partial charge in [0.1, 0.15) is 11.6 Å². The van der Waals surface area contributed by atoms with Gasteiger partial charge in [-0.15, -0.1) is 0 Å². The molecule has 0 N–H and O–H groups in total. The van der Waals surface area contributed by atoms with Crippen LogP contribution in [0.5, 0.6) is 17.2 Å². The predicted molar refractivity (Wildman–Crippen MR) is 134 cm³/mol. The van der Waals surface area contributed by atoms with Crippen molar-refractivity contribution in [3.8, 4) is 17.2 Å². The molecule has 4 rings (SSSR count). The summed E-state index contributed by atoms with van der Waals surface area (Å²) < 4.78 is 29.9. The molecule has 7 heteroatoms. The first-order valence-corrected chi connectivity index (χ1v) is 11.7. The first-order valence-electron chi connectivity index (χ1n) is 11.7. The minimum atomic E-state index is -0.365. The Labute approximate surface area is 205 Å². The second-order valence-electron chi connectivity index (χ2n) is 8.54. The van der Waals surface area contributed by atoms with Crippen molar-refractivity contribution in [3.05, 3.63) is 83.7 Å². The Balaban J connectivity index is 1.54. The number of anilines is 1. The van der Waals surface area contributed by atoms with Crippen molar-refractivity contribution in [2.45, 2.75) is 25.4 Å². The van der Waals surface area contributed by atoms with Crippen LogP contribution in [0.3, 0.4) is 0 Å². The number of nitrogens with zero attached hydrogens (tertiary/aromatic N) is 2. The third-order valence-corrected chi connectivity index (χ3v) is 6.44. The quantitative estimate of drug-likeness (QED) is 0.448. The van der Waals surface area contributed by atoms with Crippen molar-refractivity contribution >= 4 is 11.6 Å². The summed E-state index contributed by atoms with van der Waals surface area (Å²) >= 11 is 0. The molecular weight excluding hydrogens is 447 g/mol. The highest BCUT2D eigenvalue weighted by atomic mass is 19.1. The first-order chi connectivity index (χ1) is 17.0. The Hall–Kier alpha value is -3.58. The van der Waals surface area contributed by atoms with Crippen molar-refractivity contribution in [2.75, 3.05) is 39.3 Å². The van der Waals surface area contributed by atoms with Gasteiger partial charge in [0.25, 0.3) is 5.91 Å². The highest BCUT2D eigenvalue weighted by Crippen LogP contribution is 2.33. The van der Waals surface area contributed by atoms with Crippen LogP contribution < -0.4 is 19.1 Å². The van der Waals surface area contributed by atoms with Crippen LogP contribution in [0.4, 0.5) is 10.1 Å². The summed E-state index contributed by atoms with van der Waals surface area (Å²) in [5.41, 5.74) is 2.29. The normalized spacial score (nSPS) is 14.4. The highest BCUT2D eigenvalue weighted by Gasteiger charge is 2.30. The molecule has 3 aromatic rings. The molecule has 1 aliphatic rings. The predicted octanol–water partition coefficient (Wildman–Crippen LogP) is 5.16. The lowest BCUT2D eigenvalue weighted by molar-refractivity contribution is 0.0958. The number of hydrogen-bond donors (Lipinski definition) is 0. The molecule has 0 aliphatic carbocycles. The van der Waals surface area contributed by atoms with E-state index in [0.717, 1.165) is 49.5 Å². The number of amides is 1. The number of halogens is 1. The van der Waals surface area contributed by atoms with Gasteiger partial charge in [-0.2, -0.15) is 0 Å². The third kappa shape index (κ3) is 5.57. The van der Waals surface area contributed by atoms with Gasteiger partial charge in [0, 0.05) is 48.6 Å². The zero-order valence-electron chi connectivity index (χ0n) is 20.4. The second kappa shape index (κ2) is 11.2. The zero-order chi connectivity index (χ0) is 24.8. The van der Waals surface area contributed by atoms with Gasteiger partial charge in [-0.25, -0.2) is 4.39 Å². The molecular formula is C28H31FN2O4. The van der Waals surface area contributed by atoms with E-state index in [-0.39, 0.29) is 17.8 Å². The van der Waals surface area contributed by atoms with Crippen molar-refractivity contribution in [3.63, 3.8) is 0 Å². The standard InChI is InChI=1S/C28H31FN2O4/c1-33-25-8-5-7-24(18-25)31(28(32)20-10-12-22(29)13-11-20)23-14-16-30(17-15-23)19-21-6-4-9-26(34-2)27(21)35-3/h4-13,18,23H,14-17,19H2,1-3H3. The second-order valence-corrected chi connectivity index (χ2v) is 8.54. The Morgan fingerprint density at radius 1 is 0.943 bits per heavy atom. The van der Waals surface area contributed by atoms with Crippen LogP contribution in [-0.4, -0.2) is 51.3 Å². The zero-order valence-corrected chi connectivity index (χ0v) is 20.4. The Kier molecular flexibility index (Phi) is 7.87. The molecule has 1 fully saturated rings. The van der Waals surface area contributed by atoms with Gasteiger partial charge in [0.2, 0.25) is 0 Å². The van der Waals surface area contributed by atoms with Crippen LogP contribution in [0.2, 0.25) is 0 Å². The van der Waals surface area contributed by atoms with E-state index >= 15 is 0 Å². The molecule has 35 heavy (non-hydrogen) atoms. The van der Waals surface area contributed by atoms with E-state index in [2.05, 4.69) is 4.90 Å². The fourth-order valence-electron chi connectivity index (χ4n) is 4.64. The molecule has 1 amide bonds. The lowest BCUT2D eigenvalue weighted by Crippen LogP contribution is -2.47. The van der Waals surface area contributed by atoms with Gasteiger partial charge >= 0.3 is 0 Å². The topological polar surface area (TPSA) is 51.2 Å². The fourth-order valence-corrected chi connectivity index (χ4v) is 4.64. The van der Waals surface area contributed by atoms with Crippen molar-refractivity contribution in [1.29, 1.82) is 0 Å². The molecule has 0 spiro atoms. The number of carbonyl (C=O) groups excluding carboxylic acids is 1. The van der Waals surface area contributed by atoms with E-state index in [1.807, 2.05) is 47.4 Å². The molecule has 0 bridgehead atoms. The smallest absolute Gasteiger partial charge is 0.258 e. The molecule has 1 aliphatic heterocycles. The van der Waals surface area contributed by atoms with Gasteiger partial charge in [-0.1, -0.05) is 18.2 Å². The number of hydrogen-bond acceptors (Lipinski definition) is 5. The van der Waals surface area contributed by atoms with Crippen molar-refractivity contribution in [1.82, 2.24) is 4.90 Å². The van der Waals surface area contributed by atoms with Crippen LogP contribution in [0.1, 0.15) is 28.8 Å². The summed E-state index contributed by atoms with van der Waals surface area (Å²) in [6, 6.07) is 19.1. The fraction of sp³-hybridized carbons (Fsp3) is 0.321. The van der Waals surface area contributed by atoms with Crippen LogP contribution in [0.15, 0.2) is 66.7 Å². The Bertz CT molecular complexity index is 1140. The largest absolute Gasteiger partial charge is 0.497 e. The molecule has 3 aromatic carbocycles. The van der Waals surface area contributed by atoms with E-state index in [1.54, 1.807) is 21.3 Å². The maximum atomic E-state index is 13.6. The molecule has 1 saturated heterocycles. The number of carbonyl (C=O) groups is 1. The summed E-state index contributed by atoms with van der Waals surface area (Å²) in [5.74, 6) is 1.64. The van der Waals surface area contributed by atoms with E-state index in [1.165, 1.54) is 24.3 Å². The first kappa shape index (κ1) is 24.5. The maximum Gasteiger partial charge on any atom is 0.258 e. The molecule has 1 heterocycles. The van der Waals surface area contributed by atoms with Gasteiger partial charge in [0.15, 0.2) is 11.5 Å². The molecule has 6 nitrogen and oxygen atoms in total. The lowest BCUT2D eigenvalue weighted by atomic mass is 10.00. The number of piperidine rings is 1. The Morgan fingerprint density at radius 2 is 1.66 bits per heavy atom. The van der Waals surface area contributed by atoms with Crippen LogP contribution >= 0.6 is 0 Å². The summed E-state index contributed by atoms with van der Waals surface area (Å²) in [4.78, 5) is 17.8. The van der Waals surface area contributed by atoms with Crippen molar-refractivity contribution < 1.29 is 23.4 Å². The monoisotopic (exact) mass is 478 g/mol. The van der Waals surface area contributed by atoms with Gasteiger partial charge in [-0.3, -0.25) is 9.69 Å². The molecule has 0 atom stereocenters. The van der Waals surface area contributed by atoms with Crippen LogP contribution in [0.25, 0.3) is 0 Å². The van der Waals surface area contributed by atoms with Gasteiger partial charge in [0.05, 0.1) is 21.3 Å². The number of likely N-dealkylation sites (tertiary alicyclic amines) is 1. The number of methoxy groups -OCH3 is 3. The maximum absolute atomic E-state index is 13.6. The highest BCUT2D eigenvalue weighted by molar-refractivity contribution is 6.06. The lowest BCUT2D eigenvalue weighted by Gasteiger charge is -2.39. The third-order valence-electron chi connectivity index (χ3n) is 6.44. The molecule has 0 saturated carbocycles. The average molecular weight is 479 g/mol.